The highest BCUT2D eigenvalue weighted by atomic mass is 19.2. The molecule has 1 fully saturated rings. The van der Waals surface area contributed by atoms with E-state index in [1.54, 1.807) is 25.1 Å². The first-order chi connectivity index (χ1) is 7.94. The van der Waals surface area contributed by atoms with Gasteiger partial charge in [-0.2, -0.15) is 0 Å². The average molecular weight is 240 g/mol. The first kappa shape index (κ1) is 12.3. The molecular weight excluding hydrogens is 222 g/mol. The zero-order valence-electron chi connectivity index (χ0n) is 10.3. The van der Waals surface area contributed by atoms with Crippen LogP contribution < -0.4 is 10.6 Å². The van der Waals surface area contributed by atoms with E-state index in [-0.39, 0.29) is 5.69 Å². The maximum atomic E-state index is 13.6. The predicted octanol–water partition coefficient (Wildman–Crippen LogP) is 2.76. The summed E-state index contributed by atoms with van der Waals surface area (Å²) in [7, 11) is 3.39. The van der Waals surface area contributed by atoms with Crippen LogP contribution in [0.1, 0.15) is 31.2 Å². The van der Waals surface area contributed by atoms with Gasteiger partial charge in [-0.1, -0.05) is 12.8 Å². The Morgan fingerprint density at radius 3 is 2.29 bits per heavy atom. The molecule has 1 saturated carbocycles. The zero-order chi connectivity index (χ0) is 12.6. The molecule has 94 valence electrons. The maximum Gasteiger partial charge on any atom is 0.182 e. The van der Waals surface area contributed by atoms with Crippen LogP contribution in [-0.4, -0.2) is 14.1 Å². The van der Waals surface area contributed by atoms with Gasteiger partial charge in [-0.15, -0.1) is 0 Å². The van der Waals surface area contributed by atoms with E-state index in [9.17, 15) is 8.78 Å². The van der Waals surface area contributed by atoms with E-state index in [0.717, 1.165) is 25.7 Å². The van der Waals surface area contributed by atoms with Crippen LogP contribution in [0.5, 0.6) is 0 Å². The Morgan fingerprint density at radius 1 is 1.18 bits per heavy atom. The van der Waals surface area contributed by atoms with Crippen LogP contribution in [0, 0.1) is 11.6 Å². The van der Waals surface area contributed by atoms with Gasteiger partial charge in [0.2, 0.25) is 0 Å². The SMILES string of the molecule is CN(C)c1cc(C2(N)CCCC2)cc(F)c1F. The Bertz CT molecular complexity index is 424. The number of rotatable bonds is 2. The molecule has 1 aromatic carbocycles. The van der Waals surface area contributed by atoms with Crippen molar-refractivity contribution in [2.24, 2.45) is 5.73 Å². The van der Waals surface area contributed by atoms with Crippen LogP contribution in [-0.2, 0) is 5.54 Å². The fourth-order valence-corrected chi connectivity index (χ4v) is 2.48. The lowest BCUT2D eigenvalue weighted by Gasteiger charge is -2.26. The Morgan fingerprint density at radius 2 is 1.76 bits per heavy atom. The van der Waals surface area contributed by atoms with Crippen LogP contribution >= 0.6 is 0 Å². The van der Waals surface area contributed by atoms with E-state index < -0.39 is 17.2 Å². The lowest BCUT2D eigenvalue weighted by Crippen LogP contribution is -2.33. The molecule has 2 N–H and O–H groups in total. The highest BCUT2D eigenvalue weighted by Gasteiger charge is 2.32. The molecule has 0 heterocycles. The highest BCUT2D eigenvalue weighted by Crippen LogP contribution is 2.38. The lowest BCUT2D eigenvalue weighted by atomic mass is 9.89. The minimum absolute atomic E-state index is 0.261. The number of anilines is 1. The standard InChI is InChI=1S/C13H18F2N2/c1-17(2)11-8-9(7-10(14)12(11)15)13(16)5-3-4-6-13/h7-8H,3-6,16H2,1-2H3. The molecular formula is C13H18F2N2. The van der Waals surface area contributed by atoms with Gasteiger partial charge in [-0.05, 0) is 30.5 Å². The van der Waals surface area contributed by atoms with Crippen molar-refractivity contribution in [3.63, 3.8) is 0 Å². The zero-order valence-corrected chi connectivity index (χ0v) is 10.3. The summed E-state index contributed by atoms with van der Waals surface area (Å²) in [4.78, 5) is 1.57. The van der Waals surface area contributed by atoms with Crippen molar-refractivity contribution in [1.29, 1.82) is 0 Å². The molecule has 0 amide bonds. The van der Waals surface area contributed by atoms with Gasteiger partial charge in [0.05, 0.1) is 5.69 Å². The maximum absolute atomic E-state index is 13.6. The molecule has 1 aromatic rings. The summed E-state index contributed by atoms with van der Waals surface area (Å²) in [5, 5.41) is 0. The number of hydrogen-bond acceptors (Lipinski definition) is 2. The lowest BCUT2D eigenvalue weighted by molar-refractivity contribution is 0.449. The summed E-state index contributed by atoms with van der Waals surface area (Å²) in [6, 6.07) is 2.91. The molecule has 0 spiro atoms. The monoisotopic (exact) mass is 240 g/mol. The van der Waals surface area contributed by atoms with Crippen molar-refractivity contribution in [2.75, 3.05) is 19.0 Å². The molecule has 0 radical (unpaired) electrons. The minimum Gasteiger partial charge on any atom is -0.375 e. The van der Waals surface area contributed by atoms with E-state index in [1.165, 1.54) is 6.07 Å². The van der Waals surface area contributed by atoms with Gasteiger partial charge in [-0.3, -0.25) is 0 Å². The van der Waals surface area contributed by atoms with Crippen LogP contribution in [0.15, 0.2) is 12.1 Å². The van der Waals surface area contributed by atoms with Crippen molar-refractivity contribution in [3.8, 4) is 0 Å². The molecule has 0 atom stereocenters. The minimum atomic E-state index is -0.817. The van der Waals surface area contributed by atoms with Gasteiger partial charge >= 0.3 is 0 Å². The summed E-state index contributed by atoms with van der Waals surface area (Å²) >= 11 is 0. The first-order valence-corrected chi connectivity index (χ1v) is 5.90. The van der Waals surface area contributed by atoms with E-state index in [0.29, 0.717) is 5.56 Å². The number of halogens is 2. The molecule has 2 rings (SSSR count). The number of hydrogen-bond donors (Lipinski definition) is 1. The van der Waals surface area contributed by atoms with Crippen molar-refractivity contribution in [3.05, 3.63) is 29.3 Å². The normalized spacial score (nSPS) is 18.4. The fraction of sp³-hybridized carbons (Fsp3) is 0.538. The Labute approximate surface area is 100 Å². The number of benzene rings is 1. The smallest absolute Gasteiger partial charge is 0.182 e. The summed E-state index contributed by atoms with van der Waals surface area (Å²) in [6.07, 6.45) is 3.77. The molecule has 0 saturated heterocycles. The van der Waals surface area contributed by atoms with Crippen LogP contribution in [0.4, 0.5) is 14.5 Å². The van der Waals surface area contributed by atoms with Crippen LogP contribution in [0.2, 0.25) is 0 Å². The summed E-state index contributed by atoms with van der Waals surface area (Å²) < 4.78 is 27.2. The highest BCUT2D eigenvalue weighted by molar-refractivity contribution is 5.51. The van der Waals surface area contributed by atoms with Gasteiger partial charge in [0, 0.05) is 19.6 Å². The van der Waals surface area contributed by atoms with Crippen molar-refractivity contribution >= 4 is 5.69 Å². The van der Waals surface area contributed by atoms with E-state index in [4.69, 9.17) is 5.73 Å². The second-order valence-electron chi connectivity index (χ2n) is 5.05. The third-order valence-corrected chi connectivity index (χ3v) is 3.56. The van der Waals surface area contributed by atoms with Gasteiger partial charge in [0.15, 0.2) is 11.6 Å². The third kappa shape index (κ3) is 2.14. The average Bonchev–Trinajstić information content (AvgIpc) is 2.69. The third-order valence-electron chi connectivity index (χ3n) is 3.56. The molecule has 0 unspecified atom stereocenters. The summed E-state index contributed by atoms with van der Waals surface area (Å²) in [5.74, 6) is -1.62. The second kappa shape index (κ2) is 4.26. The van der Waals surface area contributed by atoms with Gasteiger partial charge in [-0.25, -0.2) is 8.78 Å². The molecule has 1 aliphatic carbocycles. The van der Waals surface area contributed by atoms with Gasteiger partial charge in [0.1, 0.15) is 0 Å². The van der Waals surface area contributed by atoms with Crippen LogP contribution in [0.3, 0.4) is 0 Å². The molecule has 4 heteroatoms. The van der Waals surface area contributed by atoms with Gasteiger partial charge in [0.25, 0.3) is 0 Å². The van der Waals surface area contributed by atoms with Crippen LogP contribution in [0.25, 0.3) is 0 Å². The largest absolute Gasteiger partial charge is 0.375 e. The molecule has 17 heavy (non-hydrogen) atoms. The first-order valence-electron chi connectivity index (χ1n) is 5.90. The number of nitrogens with zero attached hydrogens (tertiary/aromatic N) is 1. The topological polar surface area (TPSA) is 29.3 Å². The quantitative estimate of drug-likeness (QED) is 0.861. The Hall–Kier alpha value is -1.16. The fourth-order valence-electron chi connectivity index (χ4n) is 2.48. The molecule has 1 aliphatic rings. The number of nitrogens with two attached hydrogens (primary N) is 1. The Balaban J connectivity index is 2.49. The van der Waals surface area contributed by atoms with E-state index in [2.05, 4.69) is 0 Å². The second-order valence-corrected chi connectivity index (χ2v) is 5.05. The molecule has 2 nitrogen and oxygen atoms in total. The summed E-state index contributed by atoms with van der Waals surface area (Å²) in [6.45, 7) is 0. The molecule has 0 aromatic heterocycles. The Kier molecular flexibility index (Phi) is 3.08. The van der Waals surface area contributed by atoms with E-state index in [1.807, 2.05) is 0 Å². The molecule has 0 aliphatic heterocycles. The van der Waals surface area contributed by atoms with Crippen molar-refractivity contribution < 1.29 is 8.78 Å². The van der Waals surface area contributed by atoms with Crippen molar-refractivity contribution in [1.82, 2.24) is 0 Å². The predicted molar refractivity (Wildman–Crippen MR) is 65.0 cm³/mol. The van der Waals surface area contributed by atoms with Gasteiger partial charge < -0.3 is 10.6 Å². The van der Waals surface area contributed by atoms with E-state index >= 15 is 0 Å². The van der Waals surface area contributed by atoms with Crippen molar-refractivity contribution in [2.45, 2.75) is 31.2 Å². The molecule has 0 bridgehead atoms. The summed E-state index contributed by atoms with van der Waals surface area (Å²) in [5.41, 5.74) is 6.74.